The summed E-state index contributed by atoms with van der Waals surface area (Å²) in [6.45, 7) is 11.0. The molecule has 0 amide bonds. The van der Waals surface area contributed by atoms with Crippen LogP contribution < -0.4 is 15.2 Å². The van der Waals surface area contributed by atoms with Crippen molar-refractivity contribution >= 4 is 24.1 Å². The van der Waals surface area contributed by atoms with Gasteiger partial charge in [0.1, 0.15) is 12.1 Å². The molecule has 0 aromatic heterocycles. The SMILES string of the molecule is CCCCCOC(=O)OC(C)CC(c1ccc(OC(=O)C(C)CC)c(OC(=O)C(C)CC)c1)[C@H](N)C(=O)O. The number of hydrogen-bond donors (Lipinski definition) is 2. The lowest BCUT2D eigenvalue weighted by Gasteiger charge is -2.25. The van der Waals surface area contributed by atoms with Gasteiger partial charge < -0.3 is 29.8 Å². The second kappa shape index (κ2) is 16.7. The predicted molar refractivity (Wildman–Crippen MR) is 141 cm³/mol. The van der Waals surface area contributed by atoms with Crippen LogP contribution in [-0.4, -0.2) is 47.9 Å². The number of unbranched alkanes of at least 4 members (excludes halogenated alkanes) is 2. The topological polar surface area (TPSA) is 151 Å². The molecule has 3 N–H and O–H groups in total. The van der Waals surface area contributed by atoms with Crippen LogP contribution in [0.4, 0.5) is 4.79 Å². The van der Waals surface area contributed by atoms with E-state index in [2.05, 4.69) is 0 Å². The Kier molecular flexibility index (Phi) is 14.4. The van der Waals surface area contributed by atoms with Gasteiger partial charge in [-0.3, -0.25) is 14.4 Å². The number of carboxylic acids is 1. The smallest absolute Gasteiger partial charge is 0.480 e. The van der Waals surface area contributed by atoms with E-state index in [1.54, 1.807) is 26.8 Å². The van der Waals surface area contributed by atoms with Crippen molar-refractivity contribution in [3.63, 3.8) is 0 Å². The molecule has 0 saturated carbocycles. The number of ether oxygens (including phenoxy) is 4. The second-order valence-electron chi connectivity index (χ2n) is 9.61. The van der Waals surface area contributed by atoms with Crippen LogP contribution in [0.3, 0.4) is 0 Å². The van der Waals surface area contributed by atoms with Crippen LogP contribution in [0.15, 0.2) is 18.2 Å². The Hall–Kier alpha value is -3.14. The highest BCUT2D eigenvalue weighted by atomic mass is 16.7. The minimum Gasteiger partial charge on any atom is -0.480 e. The Bertz CT molecular complexity index is 933. The molecule has 0 aliphatic rings. The molecule has 38 heavy (non-hydrogen) atoms. The zero-order chi connectivity index (χ0) is 28.8. The average Bonchev–Trinajstić information content (AvgIpc) is 2.89. The van der Waals surface area contributed by atoms with Crippen molar-refractivity contribution in [1.29, 1.82) is 0 Å². The van der Waals surface area contributed by atoms with Gasteiger partial charge in [0.2, 0.25) is 0 Å². The minimum atomic E-state index is -1.35. The normalized spacial score (nSPS) is 14.9. The highest BCUT2D eigenvalue weighted by molar-refractivity contribution is 5.79. The lowest BCUT2D eigenvalue weighted by atomic mass is 9.87. The van der Waals surface area contributed by atoms with Gasteiger partial charge in [0.25, 0.3) is 0 Å². The van der Waals surface area contributed by atoms with Crippen LogP contribution in [0.1, 0.15) is 91.5 Å². The van der Waals surface area contributed by atoms with Gasteiger partial charge in [-0.05, 0) is 50.3 Å². The van der Waals surface area contributed by atoms with Crippen molar-refractivity contribution in [3.8, 4) is 11.5 Å². The highest BCUT2D eigenvalue weighted by Gasteiger charge is 2.30. The van der Waals surface area contributed by atoms with E-state index in [0.717, 1.165) is 19.3 Å². The molecule has 0 spiro atoms. The first-order chi connectivity index (χ1) is 17.9. The fraction of sp³-hybridized carbons (Fsp3) is 0.643. The standard InChI is InChI=1S/C28H43NO9/c1-7-10-11-14-35-28(34)36-19(6)15-21(24(29)25(30)31)20-12-13-22(37-26(32)17(4)8-2)23(16-20)38-27(33)18(5)9-3/h12-13,16-19,21,24H,7-11,14-15,29H2,1-6H3,(H,30,31)/t17?,18?,19?,21?,24-/m0/s1. The van der Waals surface area contributed by atoms with Crippen molar-refractivity contribution in [2.45, 2.75) is 98.1 Å². The van der Waals surface area contributed by atoms with E-state index < -0.39 is 48.0 Å². The first-order valence-electron chi connectivity index (χ1n) is 13.3. The second-order valence-corrected chi connectivity index (χ2v) is 9.61. The Morgan fingerprint density at radius 2 is 1.47 bits per heavy atom. The molecule has 0 radical (unpaired) electrons. The monoisotopic (exact) mass is 537 g/mol. The van der Waals surface area contributed by atoms with Crippen molar-refractivity contribution < 1.29 is 43.2 Å². The van der Waals surface area contributed by atoms with Gasteiger partial charge in [-0.15, -0.1) is 0 Å². The molecule has 0 bridgehead atoms. The summed E-state index contributed by atoms with van der Waals surface area (Å²) in [6.07, 6.45) is 2.22. The maximum atomic E-state index is 12.6. The fourth-order valence-corrected chi connectivity index (χ4v) is 3.44. The molecule has 0 saturated heterocycles. The summed E-state index contributed by atoms with van der Waals surface area (Å²) in [5.41, 5.74) is 6.44. The summed E-state index contributed by atoms with van der Waals surface area (Å²) in [4.78, 5) is 48.8. The zero-order valence-electron chi connectivity index (χ0n) is 23.4. The van der Waals surface area contributed by atoms with Gasteiger partial charge >= 0.3 is 24.1 Å². The third-order valence-corrected chi connectivity index (χ3v) is 6.42. The zero-order valence-corrected chi connectivity index (χ0v) is 23.4. The molecule has 1 aromatic carbocycles. The molecule has 5 atom stereocenters. The highest BCUT2D eigenvalue weighted by Crippen LogP contribution is 2.35. The number of carbonyl (C=O) groups is 4. The van der Waals surface area contributed by atoms with Gasteiger partial charge in [-0.1, -0.05) is 53.5 Å². The first-order valence-corrected chi connectivity index (χ1v) is 13.3. The van der Waals surface area contributed by atoms with Crippen LogP contribution in [-0.2, 0) is 23.9 Å². The number of nitrogens with two attached hydrogens (primary N) is 1. The van der Waals surface area contributed by atoms with Gasteiger partial charge in [-0.2, -0.15) is 0 Å². The Morgan fingerprint density at radius 3 is 2.00 bits per heavy atom. The molecule has 0 aliphatic heterocycles. The van der Waals surface area contributed by atoms with E-state index in [-0.39, 0.29) is 30.4 Å². The summed E-state index contributed by atoms with van der Waals surface area (Å²) in [5.74, 6) is -3.85. The van der Waals surface area contributed by atoms with Crippen LogP contribution >= 0.6 is 0 Å². The van der Waals surface area contributed by atoms with E-state index in [4.69, 9.17) is 24.7 Å². The molecule has 0 aliphatic carbocycles. The third-order valence-electron chi connectivity index (χ3n) is 6.42. The first kappa shape index (κ1) is 32.9. The third kappa shape index (κ3) is 10.7. The van der Waals surface area contributed by atoms with E-state index in [0.29, 0.717) is 18.4 Å². The summed E-state index contributed by atoms with van der Waals surface area (Å²) in [6, 6.07) is 3.10. The Balaban J connectivity index is 3.25. The molecular weight excluding hydrogens is 494 g/mol. The lowest BCUT2D eigenvalue weighted by Crippen LogP contribution is -2.38. The molecular formula is C28H43NO9. The van der Waals surface area contributed by atoms with E-state index in [9.17, 15) is 24.3 Å². The number of esters is 2. The van der Waals surface area contributed by atoms with Crippen LogP contribution in [0.25, 0.3) is 0 Å². The Labute approximate surface area is 225 Å². The molecule has 4 unspecified atom stereocenters. The number of carbonyl (C=O) groups excluding carboxylic acids is 3. The van der Waals surface area contributed by atoms with Crippen LogP contribution in [0.5, 0.6) is 11.5 Å². The van der Waals surface area contributed by atoms with Crippen molar-refractivity contribution in [3.05, 3.63) is 23.8 Å². The summed E-state index contributed by atoms with van der Waals surface area (Å²) in [5, 5.41) is 9.64. The van der Waals surface area contributed by atoms with Crippen LogP contribution in [0.2, 0.25) is 0 Å². The number of hydrogen-bond acceptors (Lipinski definition) is 9. The van der Waals surface area contributed by atoms with Crippen molar-refractivity contribution in [2.75, 3.05) is 6.61 Å². The summed E-state index contributed by atoms with van der Waals surface area (Å²) in [7, 11) is 0. The molecule has 10 nitrogen and oxygen atoms in total. The maximum absolute atomic E-state index is 12.6. The summed E-state index contributed by atoms with van der Waals surface area (Å²) >= 11 is 0. The van der Waals surface area contributed by atoms with Gasteiger partial charge in [0, 0.05) is 5.92 Å². The molecule has 0 fully saturated rings. The van der Waals surface area contributed by atoms with Gasteiger partial charge in [0.05, 0.1) is 18.4 Å². The molecule has 1 aromatic rings. The van der Waals surface area contributed by atoms with Gasteiger partial charge in [-0.25, -0.2) is 4.79 Å². The molecule has 214 valence electrons. The lowest BCUT2D eigenvalue weighted by molar-refractivity contribution is -0.141. The average molecular weight is 538 g/mol. The van der Waals surface area contributed by atoms with Crippen molar-refractivity contribution in [1.82, 2.24) is 0 Å². The molecule has 10 heteroatoms. The Morgan fingerprint density at radius 1 is 0.895 bits per heavy atom. The quantitative estimate of drug-likeness (QED) is 0.163. The number of rotatable bonds is 16. The maximum Gasteiger partial charge on any atom is 0.508 e. The number of aliphatic carboxylic acids is 1. The molecule has 1 rings (SSSR count). The molecule has 0 heterocycles. The predicted octanol–water partition coefficient (Wildman–Crippen LogP) is 5.21. The van der Waals surface area contributed by atoms with E-state index in [1.807, 2.05) is 20.8 Å². The van der Waals surface area contributed by atoms with Crippen LogP contribution in [0, 0.1) is 11.8 Å². The van der Waals surface area contributed by atoms with Crippen molar-refractivity contribution in [2.24, 2.45) is 17.6 Å². The minimum absolute atomic E-state index is 0.0176. The fourth-order valence-electron chi connectivity index (χ4n) is 3.44. The van der Waals surface area contributed by atoms with E-state index >= 15 is 0 Å². The number of carboxylic acid groups (broad SMARTS) is 1. The summed E-state index contributed by atoms with van der Waals surface area (Å²) < 4.78 is 21.4. The van der Waals surface area contributed by atoms with E-state index in [1.165, 1.54) is 12.1 Å². The number of benzene rings is 1. The van der Waals surface area contributed by atoms with Gasteiger partial charge in [0.15, 0.2) is 11.5 Å². The largest absolute Gasteiger partial charge is 0.508 e.